The molecule has 0 bridgehead atoms. The lowest BCUT2D eigenvalue weighted by Gasteiger charge is -2.15. The maximum absolute atomic E-state index is 12.6. The van der Waals surface area contributed by atoms with Crippen LogP contribution in [0.4, 0.5) is 5.69 Å². The molecular formula is C24H28N4O3S. The van der Waals surface area contributed by atoms with Crippen LogP contribution in [0.1, 0.15) is 37.4 Å². The number of aromatic nitrogens is 3. The summed E-state index contributed by atoms with van der Waals surface area (Å²) in [5, 5.41) is 12.5. The van der Waals surface area contributed by atoms with Gasteiger partial charge in [-0.1, -0.05) is 29.5 Å². The summed E-state index contributed by atoms with van der Waals surface area (Å²) in [6.45, 7) is 9.47. The van der Waals surface area contributed by atoms with E-state index in [1.165, 1.54) is 17.3 Å². The molecule has 2 heterocycles. The minimum Gasteiger partial charge on any atom is -0.490 e. The number of anilines is 1. The highest BCUT2D eigenvalue weighted by Crippen LogP contribution is 2.35. The molecule has 1 N–H and O–H groups in total. The summed E-state index contributed by atoms with van der Waals surface area (Å²) >= 11 is 1.38. The molecule has 3 aromatic rings. The van der Waals surface area contributed by atoms with E-state index in [4.69, 9.17) is 9.47 Å². The number of hydrogen-bond acceptors (Lipinski definition) is 6. The predicted molar refractivity (Wildman–Crippen MR) is 127 cm³/mol. The van der Waals surface area contributed by atoms with E-state index in [0.29, 0.717) is 18.4 Å². The Hall–Kier alpha value is -3.00. The van der Waals surface area contributed by atoms with Gasteiger partial charge in [-0.25, -0.2) is 0 Å². The molecule has 0 atom stereocenters. The van der Waals surface area contributed by atoms with E-state index in [2.05, 4.69) is 35.4 Å². The maximum atomic E-state index is 12.6. The maximum Gasteiger partial charge on any atom is 0.234 e. The molecule has 4 rings (SSSR count). The SMILES string of the molecule is Cc1ccc(NC(=O)CSc2nnc(-c3ccc4c(c3)OCCCO4)n2C(C)C)c(C)c1. The summed E-state index contributed by atoms with van der Waals surface area (Å²) in [5.74, 6) is 2.39. The molecule has 7 nitrogen and oxygen atoms in total. The van der Waals surface area contributed by atoms with Crippen LogP contribution >= 0.6 is 11.8 Å². The standard InChI is InChI=1S/C24H28N4O3S/c1-15(2)28-23(18-7-9-20-21(13-18)31-11-5-10-30-20)26-27-24(28)32-14-22(29)25-19-8-6-16(3)12-17(19)4/h6-9,12-13,15H,5,10-11,14H2,1-4H3,(H,25,29). The van der Waals surface area contributed by atoms with Crippen LogP contribution in [0.15, 0.2) is 41.6 Å². The normalized spacial score (nSPS) is 13.2. The Kier molecular flexibility index (Phi) is 6.69. The van der Waals surface area contributed by atoms with Crippen molar-refractivity contribution in [3.63, 3.8) is 0 Å². The second-order valence-electron chi connectivity index (χ2n) is 8.14. The molecule has 32 heavy (non-hydrogen) atoms. The van der Waals surface area contributed by atoms with Crippen molar-refractivity contribution < 1.29 is 14.3 Å². The Morgan fingerprint density at radius 3 is 2.62 bits per heavy atom. The number of carbonyl (C=O) groups is 1. The van der Waals surface area contributed by atoms with Gasteiger partial charge < -0.3 is 14.8 Å². The van der Waals surface area contributed by atoms with Gasteiger partial charge in [0.15, 0.2) is 22.5 Å². The van der Waals surface area contributed by atoms with Gasteiger partial charge in [0, 0.05) is 23.7 Å². The molecule has 168 valence electrons. The molecule has 1 aliphatic rings. The Labute approximate surface area is 192 Å². The number of nitrogens with one attached hydrogen (secondary N) is 1. The predicted octanol–water partition coefficient (Wildman–Crippen LogP) is 5.03. The van der Waals surface area contributed by atoms with Crippen LogP contribution < -0.4 is 14.8 Å². The summed E-state index contributed by atoms with van der Waals surface area (Å²) in [6, 6.07) is 11.9. The molecule has 1 amide bonds. The van der Waals surface area contributed by atoms with Crippen LogP contribution in [0, 0.1) is 13.8 Å². The molecule has 2 aromatic carbocycles. The van der Waals surface area contributed by atoms with Gasteiger partial charge in [-0.3, -0.25) is 9.36 Å². The molecule has 0 fully saturated rings. The number of fused-ring (bicyclic) bond motifs is 1. The molecule has 8 heteroatoms. The quantitative estimate of drug-likeness (QED) is 0.528. The van der Waals surface area contributed by atoms with Crippen molar-refractivity contribution in [1.29, 1.82) is 0 Å². The van der Waals surface area contributed by atoms with E-state index in [-0.39, 0.29) is 17.7 Å². The lowest BCUT2D eigenvalue weighted by molar-refractivity contribution is -0.113. The summed E-state index contributed by atoms with van der Waals surface area (Å²) in [6.07, 6.45) is 0.858. The first-order chi connectivity index (χ1) is 15.4. The van der Waals surface area contributed by atoms with Gasteiger partial charge in [0.2, 0.25) is 5.91 Å². The number of benzene rings is 2. The first-order valence-corrected chi connectivity index (χ1v) is 11.8. The number of rotatable bonds is 6. The summed E-state index contributed by atoms with van der Waals surface area (Å²) in [4.78, 5) is 12.6. The fraction of sp³-hybridized carbons (Fsp3) is 0.375. The minimum atomic E-state index is -0.0719. The molecule has 1 aromatic heterocycles. The summed E-state index contributed by atoms with van der Waals surface area (Å²) in [5.41, 5.74) is 3.95. The van der Waals surface area contributed by atoms with E-state index in [1.807, 2.05) is 48.7 Å². The zero-order valence-corrected chi connectivity index (χ0v) is 19.7. The van der Waals surface area contributed by atoms with E-state index in [0.717, 1.165) is 40.6 Å². The average molecular weight is 453 g/mol. The molecular weight excluding hydrogens is 424 g/mol. The third-order valence-corrected chi connectivity index (χ3v) is 6.12. The molecule has 0 radical (unpaired) electrons. The molecule has 0 spiro atoms. The Morgan fingerprint density at radius 1 is 1.09 bits per heavy atom. The van der Waals surface area contributed by atoms with Crippen molar-refractivity contribution in [3.8, 4) is 22.9 Å². The van der Waals surface area contributed by atoms with Crippen LogP contribution in [0.3, 0.4) is 0 Å². The molecule has 1 aliphatic heterocycles. The first-order valence-electron chi connectivity index (χ1n) is 10.8. The highest BCUT2D eigenvalue weighted by atomic mass is 32.2. The van der Waals surface area contributed by atoms with E-state index in [1.54, 1.807) is 0 Å². The second-order valence-corrected chi connectivity index (χ2v) is 9.08. The molecule has 0 unspecified atom stereocenters. The number of nitrogens with zero attached hydrogens (tertiary/aromatic N) is 3. The number of aryl methyl sites for hydroxylation is 2. The zero-order valence-electron chi connectivity index (χ0n) is 18.8. The molecule has 0 saturated carbocycles. The van der Waals surface area contributed by atoms with E-state index in [9.17, 15) is 4.79 Å². The molecule has 0 aliphatic carbocycles. The number of ether oxygens (including phenoxy) is 2. The van der Waals surface area contributed by atoms with Crippen LogP contribution in [0.5, 0.6) is 11.5 Å². The largest absolute Gasteiger partial charge is 0.490 e. The van der Waals surface area contributed by atoms with Crippen molar-refractivity contribution >= 4 is 23.4 Å². The van der Waals surface area contributed by atoms with Gasteiger partial charge in [-0.2, -0.15) is 0 Å². The number of thioether (sulfide) groups is 1. The monoisotopic (exact) mass is 452 g/mol. The second kappa shape index (κ2) is 9.65. The number of amides is 1. The average Bonchev–Trinajstić information content (AvgIpc) is 3.05. The lowest BCUT2D eigenvalue weighted by atomic mass is 10.1. The fourth-order valence-electron chi connectivity index (χ4n) is 3.61. The van der Waals surface area contributed by atoms with Gasteiger partial charge in [0.25, 0.3) is 0 Å². The van der Waals surface area contributed by atoms with Gasteiger partial charge in [-0.15, -0.1) is 10.2 Å². The van der Waals surface area contributed by atoms with E-state index >= 15 is 0 Å². The third kappa shape index (κ3) is 4.91. The summed E-state index contributed by atoms with van der Waals surface area (Å²) < 4.78 is 13.6. The van der Waals surface area contributed by atoms with Gasteiger partial charge in [0.05, 0.1) is 19.0 Å². The minimum absolute atomic E-state index is 0.0719. The van der Waals surface area contributed by atoms with Crippen LogP contribution in [0.25, 0.3) is 11.4 Å². The highest BCUT2D eigenvalue weighted by molar-refractivity contribution is 7.99. The number of hydrogen-bond donors (Lipinski definition) is 1. The van der Waals surface area contributed by atoms with Crippen LogP contribution in [-0.2, 0) is 4.79 Å². The Morgan fingerprint density at radius 2 is 1.88 bits per heavy atom. The van der Waals surface area contributed by atoms with Crippen LogP contribution in [0.2, 0.25) is 0 Å². The topological polar surface area (TPSA) is 78.3 Å². The lowest BCUT2D eigenvalue weighted by Crippen LogP contribution is -2.15. The van der Waals surface area contributed by atoms with Gasteiger partial charge >= 0.3 is 0 Å². The fourth-order valence-corrected chi connectivity index (χ4v) is 4.48. The third-order valence-electron chi connectivity index (χ3n) is 5.18. The molecule has 0 saturated heterocycles. The van der Waals surface area contributed by atoms with Crippen molar-refractivity contribution in [2.75, 3.05) is 24.3 Å². The van der Waals surface area contributed by atoms with Crippen molar-refractivity contribution in [1.82, 2.24) is 14.8 Å². The van der Waals surface area contributed by atoms with Crippen LogP contribution in [-0.4, -0.2) is 39.6 Å². The Balaban J connectivity index is 1.51. The zero-order chi connectivity index (χ0) is 22.7. The van der Waals surface area contributed by atoms with Crippen molar-refractivity contribution in [2.24, 2.45) is 0 Å². The summed E-state index contributed by atoms with van der Waals surface area (Å²) in [7, 11) is 0. The highest BCUT2D eigenvalue weighted by Gasteiger charge is 2.20. The number of carbonyl (C=O) groups excluding carboxylic acids is 1. The smallest absolute Gasteiger partial charge is 0.234 e. The van der Waals surface area contributed by atoms with Gasteiger partial charge in [-0.05, 0) is 57.5 Å². The van der Waals surface area contributed by atoms with Crippen molar-refractivity contribution in [2.45, 2.75) is 45.3 Å². The Bertz CT molecular complexity index is 1130. The van der Waals surface area contributed by atoms with E-state index < -0.39 is 0 Å². The van der Waals surface area contributed by atoms with Gasteiger partial charge in [0.1, 0.15) is 0 Å². The van der Waals surface area contributed by atoms with Crippen molar-refractivity contribution in [3.05, 3.63) is 47.5 Å². The first kappa shape index (κ1) is 22.2.